The summed E-state index contributed by atoms with van der Waals surface area (Å²) in [4.78, 5) is 0. The Bertz CT molecular complexity index is 411. The molecule has 1 aromatic heterocycles. The number of halogens is 1. The van der Waals surface area contributed by atoms with Gasteiger partial charge in [0.1, 0.15) is 5.82 Å². The molecule has 0 N–H and O–H groups in total. The van der Waals surface area contributed by atoms with Crippen molar-refractivity contribution in [2.45, 2.75) is 57.9 Å². The third-order valence-electron chi connectivity index (χ3n) is 4.34. The van der Waals surface area contributed by atoms with E-state index in [0.29, 0.717) is 23.2 Å². The van der Waals surface area contributed by atoms with Crippen LogP contribution in [0.2, 0.25) is 5.28 Å². The molecule has 4 heteroatoms. The Morgan fingerprint density at radius 1 is 1.12 bits per heavy atom. The lowest BCUT2D eigenvalue weighted by Gasteiger charge is -2.34. The van der Waals surface area contributed by atoms with Gasteiger partial charge in [-0.3, -0.25) is 4.57 Å². The van der Waals surface area contributed by atoms with Gasteiger partial charge in [-0.15, -0.1) is 10.2 Å². The highest BCUT2D eigenvalue weighted by Gasteiger charge is 2.35. The van der Waals surface area contributed by atoms with E-state index in [1.807, 2.05) is 0 Å². The van der Waals surface area contributed by atoms with Crippen molar-refractivity contribution in [3.8, 4) is 0 Å². The number of nitrogens with zero attached hydrogens (tertiary/aromatic N) is 3. The van der Waals surface area contributed by atoms with Crippen molar-refractivity contribution < 1.29 is 0 Å². The number of hydrogen-bond acceptors (Lipinski definition) is 2. The third-order valence-corrected chi connectivity index (χ3v) is 4.60. The minimum absolute atomic E-state index is 0.518. The molecule has 2 aliphatic carbocycles. The van der Waals surface area contributed by atoms with Crippen molar-refractivity contribution in [3.05, 3.63) is 11.1 Å². The zero-order valence-corrected chi connectivity index (χ0v) is 11.3. The molecule has 2 saturated carbocycles. The molecular formula is C13H20ClN3. The first-order chi connectivity index (χ1) is 8.16. The maximum atomic E-state index is 6.24. The van der Waals surface area contributed by atoms with Crippen LogP contribution in [0.25, 0.3) is 0 Å². The molecule has 0 radical (unpaired) electrons. The summed E-state index contributed by atoms with van der Waals surface area (Å²) in [7, 11) is 0. The molecule has 0 saturated heterocycles. The first-order valence-corrected chi connectivity index (χ1v) is 7.15. The average molecular weight is 254 g/mol. The van der Waals surface area contributed by atoms with Gasteiger partial charge >= 0.3 is 0 Å². The van der Waals surface area contributed by atoms with Gasteiger partial charge in [0, 0.05) is 12.0 Å². The molecule has 3 nitrogen and oxygen atoms in total. The summed E-state index contributed by atoms with van der Waals surface area (Å²) < 4.78 is 2.23. The lowest BCUT2D eigenvalue weighted by atomic mass is 9.79. The number of hydrogen-bond donors (Lipinski definition) is 0. The Morgan fingerprint density at radius 3 is 2.53 bits per heavy atom. The summed E-state index contributed by atoms with van der Waals surface area (Å²) in [5.41, 5.74) is 0. The molecule has 2 aliphatic rings. The van der Waals surface area contributed by atoms with Crippen molar-refractivity contribution in [1.82, 2.24) is 14.8 Å². The highest BCUT2D eigenvalue weighted by atomic mass is 35.5. The van der Waals surface area contributed by atoms with E-state index in [9.17, 15) is 0 Å². The summed E-state index contributed by atoms with van der Waals surface area (Å²) >= 11 is 6.24. The Kier molecular flexibility index (Phi) is 2.89. The Labute approximate surface area is 108 Å². The van der Waals surface area contributed by atoms with E-state index < -0.39 is 0 Å². The second-order valence-electron chi connectivity index (χ2n) is 5.93. The molecule has 0 spiro atoms. The van der Waals surface area contributed by atoms with Gasteiger partial charge in [-0.1, -0.05) is 13.8 Å². The second kappa shape index (κ2) is 4.27. The standard InChI is InChI=1S/C13H20ClN3/c1-8-3-6-11(9(2)7-8)17-12(10-4-5-10)15-16-13(17)14/h8-11H,3-7H2,1-2H3. The van der Waals surface area contributed by atoms with Crippen LogP contribution >= 0.6 is 11.6 Å². The van der Waals surface area contributed by atoms with Crippen LogP contribution in [0.4, 0.5) is 0 Å². The minimum atomic E-state index is 0.518. The van der Waals surface area contributed by atoms with Crippen molar-refractivity contribution in [3.63, 3.8) is 0 Å². The van der Waals surface area contributed by atoms with Gasteiger partial charge in [0.15, 0.2) is 0 Å². The largest absolute Gasteiger partial charge is 0.298 e. The molecule has 3 atom stereocenters. The van der Waals surface area contributed by atoms with Gasteiger partial charge in [-0.25, -0.2) is 0 Å². The smallest absolute Gasteiger partial charge is 0.225 e. The van der Waals surface area contributed by atoms with Gasteiger partial charge in [-0.05, 0) is 55.5 Å². The topological polar surface area (TPSA) is 30.7 Å². The Morgan fingerprint density at radius 2 is 1.88 bits per heavy atom. The van der Waals surface area contributed by atoms with Crippen molar-refractivity contribution >= 4 is 11.6 Å². The minimum Gasteiger partial charge on any atom is -0.298 e. The summed E-state index contributed by atoms with van der Waals surface area (Å²) in [5.74, 6) is 3.30. The Hall–Kier alpha value is -0.570. The molecule has 3 unspecified atom stereocenters. The SMILES string of the molecule is CC1CCC(n2c(Cl)nnc2C2CC2)C(C)C1. The number of aromatic nitrogens is 3. The molecule has 0 aliphatic heterocycles. The van der Waals surface area contributed by atoms with E-state index in [4.69, 9.17) is 11.6 Å². The first-order valence-electron chi connectivity index (χ1n) is 6.77. The van der Waals surface area contributed by atoms with Crippen LogP contribution in [0.5, 0.6) is 0 Å². The fourth-order valence-corrected chi connectivity index (χ4v) is 3.49. The quantitative estimate of drug-likeness (QED) is 0.803. The van der Waals surface area contributed by atoms with Crippen molar-refractivity contribution in [1.29, 1.82) is 0 Å². The van der Waals surface area contributed by atoms with Gasteiger partial charge < -0.3 is 0 Å². The van der Waals surface area contributed by atoms with E-state index in [1.54, 1.807) is 0 Å². The third kappa shape index (κ3) is 2.10. The van der Waals surface area contributed by atoms with Gasteiger partial charge in [0.25, 0.3) is 0 Å². The monoisotopic (exact) mass is 253 g/mol. The number of rotatable bonds is 2. The second-order valence-corrected chi connectivity index (χ2v) is 6.27. The molecule has 1 aromatic rings. The fraction of sp³-hybridized carbons (Fsp3) is 0.846. The van der Waals surface area contributed by atoms with E-state index in [-0.39, 0.29) is 0 Å². The highest BCUT2D eigenvalue weighted by molar-refractivity contribution is 6.28. The predicted molar refractivity (Wildman–Crippen MR) is 68.2 cm³/mol. The summed E-state index contributed by atoms with van der Waals surface area (Å²) in [6, 6.07) is 0.518. The molecule has 94 valence electrons. The molecule has 1 heterocycles. The fourth-order valence-electron chi connectivity index (χ4n) is 3.24. The molecule has 0 amide bonds. The zero-order valence-electron chi connectivity index (χ0n) is 10.6. The zero-order chi connectivity index (χ0) is 12.0. The van der Waals surface area contributed by atoms with E-state index >= 15 is 0 Å². The van der Waals surface area contributed by atoms with Gasteiger partial charge in [0.2, 0.25) is 5.28 Å². The van der Waals surface area contributed by atoms with Crippen LogP contribution in [-0.2, 0) is 0 Å². The van der Waals surface area contributed by atoms with Crippen LogP contribution < -0.4 is 0 Å². The Balaban J connectivity index is 1.89. The summed E-state index contributed by atoms with van der Waals surface area (Å²) in [6.07, 6.45) is 6.33. The van der Waals surface area contributed by atoms with Crippen molar-refractivity contribution in [2.75, 3.05) is 0 Å². The van der Waals surface area contributed by atoms with Crippen molar-refractivity contribution in [2.24, 2.45) is 11.8 Å². The van der Waals surface area contributed by atoms with Crippen LogP contribution in [0.15, 0.2) is 0 Å². The molecular weight excluding hydrogens is 234 g/mol. The van der Waals surface area contributed by atoms with E-state index in [2.05, 4.69) is 28.6 Å². The molecule has 0 aromatic carbocycles. The maximum Gasteiger partial charge on any atom is 0.225 e. The molecule has 3 rings (SSSR count). The lowest BCUT2D eigenvalue weighted by molar-refractivity contribution is 0.204. The van der Waals surface area contributed by atoms with Crippen LogP contribution in [-0.4, -0.2) is 14.8 Å². The first kappa shape index (κ1) is 11.5. The highest BCUT2D eigenvalue weighted by Crippen LogP contribution is 2.44. The summed E-state index contributed by atoms with van der Waals surface area (Å²) in [5, 5.41) is 8.97. The van der Waals surface area contributed by atoms with Gasteiger partial charge in [0.05, 0.1) is 0 Å². The maximum absolute atomic E-state index is 6.24. The van der Waals surface area contributed by atoms with E-state index in [0.717, 1.165) is 11.7 Å². The molecule has 17 heavy (non-hydrogen) atoms. The molecule has 2 fully saturated rings. The average Bonchev–Trinajstić information content (AvgIpc) is 3.04. The van der Waals surface area contributed by atoms with Crippen LogP contribution in [0.3, 0.4) is 0 Å². The lowest BCUT2D eigenvalue weighted by Crippen LogP contribution is -2.26. The van der Waals surface area contributed by atoms with Crippen LogP contribution in [0, 0.1) is 11.8 Å². The normalized spacial score (nSPS) is 33.9. The van der Waals surface area contributed by atoms with E-state index in [1.165, 1.54) is 32.1 Å². The summed E-state index contributed by atoms with van der Waals surface area (Å²) in [6.45, 7) is 4.69. The molecule has 0 bridgehead atoms. The predicted octanol–water partition coefficient (Wildman–Crippen LogP) is 3.81. The van der Waals surface area contributed by atoms with Gasteiger partial charge in [-0.2, -0.15) is 0 Å². The van der Waals surface area contributed by atoms with Crippen LogP contribution in [0.1, 0.15) is 63.7 Å².